The molecular weight excluding hydrogens is 218 g/mol. The zero-order valence-corrected chi connectivity index (χ0v) is 11.3. The van der Waals surface area contributed by atoms with Gasteiger partial charge in [-0.1, -0.05) is 30.3 Å². The quantitative estimate of drug-likeness (QED) is 0.761. The Hall–Kier alpha value is -0.683. The van der Waals surface area contributed by atoms with Crippen molar-refractivity contribution < 1.29 is 8.85 Å². The maximum absolute atomic E-state index is 6.09. The van der Waals surface area contributed by atoms with Gasteiger partial charge >= 0.3 is 8.56 Å². The minimum Gasteiger partial charge on any atom is -0.390 e. The number of rotatable bonds is 6. The first-order valence-electron chi connectivity index (χ1n) is 5.76. The van der Waals surface area contributed by atoms with Crippen LogP contribution in [0.4, 0.5) is 0 Å². The standard InChI is InChI=1S/C12H21NO2Si/c1-4-14-16(11(3)13,15-5-2)12-9-7-6-8-10-12/h6-11H,4-5,13H2,1-3H3. The molecule has 0 spiro atoms. The topological polar surface area (TPSA) is 44.5 Å². The van der Waals surface area contributed by atoms with Crippen LogP contribution in [0.3, 0.4) is 0 Å². The second-order valence-electron chi connectivity index (χ2n) is 3.69. The van der Waals surface area contributed by atoms with Gasteiger partial charge in [0.25, 0.3) is 0 Å². The molecule has 90 valence electrons. The van der Waals surface area contributed by atoms with E-state index in [-0.39, 0.29) is 5.67 Å². The Morgan fingerprint density at radius 3 is 2.00 bits per heavy atom. The number of nitrogens with two attached hydrogens (primary N) is 1. The van der Waals surface area contributed by atoms with Crippen LogP contribution in [0.15, 0.2) is 30.3 Å². The van der Waals surface area contributed by atoms with Gasteiger partial charge in [0.2, 0.25) is 0 Å². The average molecular weight is 239 g/mol. The normalized spacial score (nSPS) is 13.8. The lowest BCUT2D eigenvalue weighted by Gasteiger charge is -2.33. The zero-order valence-electron chi connectivity index (χ0n) is 10.3. The Morgan fingerprint density at radius 2 is 1.62 bits per heavy atom. The number of hydrogen-bond acceptors (Lipinski definition) is 3. The van der Waals surface area contributed by atoms with Gasteiger partial charge in [-0.3, -0.25) is 0 Å². The molecule has 1 aromatic carbocycles. The van der Waals surface area contributed by atoms with Gasteiger partial charge in [-0.25, -0.2) is 0 Å². The summed E-state index contributed by atoms with van der Waals surface area (Å²) in [5.74, 6) is 0. The van der Waals surface area contributed by atoms with Crippen molar-refractivity contribution in [2.75, 3.05) is 13.2 Å². The molecule has 0 radical (unpaired) electrons. The largest absolute Gasteiger partial charge is 0.390 e. The molecular formula is C12H21NO2Si. The molecule has 0 saturated heterocycles. The molecule has 2 N–H and O–H groups in total. The van der Waals surface area contributed by atoms with Gasteiger partial charge in [-0.15, -0.1) is 0 Å². The smallest absolute Gasteiger partial charge is 0.389 e. The minimum absolute atomic E-state index is 0.0881. The molecule has 1 atom stereocenters. The molecule has 0 aliphatic heterocycles. The Bertz CT molecular complexity index is 297. The zero-order chi connectivity index (χ0) is 12.0. The fraction of sp³-hybridized carbons (Fsp3) is 0.500. The molecule has 4 heteroatoms. The molecule has 16 heavy (non-hydrogen) atoms. The predicted molar refractivity (Wildman–Crippen MR) is 68.7 cm³/mol. The van der Waals surface area contributed by atoms with Crippen LogP contribution < -0.4 is 10.9 Å². The molecule has 1 unspecified atom stereocenters. The Labute approximate surface area is 98.8 Å². The minimum atomic E-state index is -2.47. The van der Waals surface area contributed by atoms with Gasteiger partial charge in [-0.05, 0) is 26.0 Å². The third-order valence-electron chi connectivity index (χ3n) is 2.49. The Balaban J connectivity index is 3.10. The fourth-order valence-corrected chi connectivity index (χ4v) is 4.82. The maximum atomic E-state index is 6.09. The van der Waals surface area contributed by atoms with Crippen LogP contribution in [0, 0.1) is 0 Å². The van der Waals surface area contributed by atoms with Crippen LogP contribution in [0.2, 0.25) is 0 Å². The molecule has 1 aromatic rings. The molecule has 0 bridgehead atoms. The number of benzene rings is 1. The number of hydrogen-bond donors (Lipinski definition) is 1. The van der Waals surface area contributed by atoms with E-state index in [1.165, 1.54) is 0 Å². The first-order chi connectivity index (χ1) is 7.67. The van der Waals surface area contributed by atoms with Crippen LogP contribution >= 0.6 is 0 Å². The lowest BCUT2D eigenvalue weighted by molar-refractivity contribution is 0.188. The molecule has 0 aliphatic carbocycles. The highest BCUT2D eigenvalue weighted by Gasteiger charge is 2.43. The van der Waals surface area contributed by atoms with E-state index in [4.69, 9.17) is 14.6 Å². The van der Waals surface area contributed by atoms with Crippen molar-refractivity contribution in [3.63, 3.8) is 0 Å². The molecule has 0 aromatic heterocycles. The fourth-order valence-electron chi connectivity index (χ4n) is 1.83. The summed E-state index contributed by atoms with van der Waals surface area (Å²) >= 11 is 0. The SMILES string of the molecule is CCO[Si](OCC)(c1ccccc1)C(C)N. The van der Waals surface area contributed by atoms with E-state index in [9.17, 15) is 0 Å². The van der Waals surface area contributed by atoms with Gasteiger partial charge in [0.15, 0.2) is 0 Å². The highest BCUT2D eigenvalue weighted by Crippen LogP contribution is 2.12. The second kappa shape index (κ2) is 6.15. The summed E-state index contributed by atoms with van der Waals surface area (Å²) in [7, 11) is -2.47. The summed E-state index contributed by atoms with van der Waals surface area (Å²) < 4.78 is 11.8. The van der Waals surface area contributed by atoms with Crippen LogP contribution in [0.5, 0.6) is 0 Å². The van der Waals surface area contributed by atoms with Gasteiger partial charge in [0.1, 0.15) is 0 Å². The van der Waals surface area contributed by atoms with Crippen molar-refractivity contribution >= 4 is 13.7 Å². The van der Waals surface area contributed by atoms with E-state index in [0.717, 1.165) is 5.19 Å². The molecule has 0 fully saturated rings. The van der Waals surface area contributed by atoms with Gasteiger partial charge in [-0.2, -0.15) is 0 Å². The Kier molecular flexibility index (Phi) is 5.14. The van der Waals surface area contributed by atoms with Crippen LogP contribution in [-0.4, -0.2) is 27.4 Å². The van der Waals surface area contributed by atoms with E-state index < -0.39 is 8.56 Å². The molecule has 1 rings (SSSR count). The Morgan fingerprint density at radius 1 is 1.12 bits per heavy atom. The lowest BCUT2D eigenvalue weighted by Crippen LogP contribution is -2.65. The summed E-state index contributed by atoms with van der Waals surface area (Å²) in [6, 6.07) is 10.1. The van der Waals surface area contributed by atoms with Crippen molar-refractivity contribution in [3.05, 3.63) is 30.3 Å². The van der Waals surface area contributed by atoms with Crippen LogP contribution in [0.1, 0.15) is 20.8 Å². The molecule has 3 nitrogen and oxygen atoms in total. The summed E-state index contributed by atoms with van der Waals surface area (Å²) in [5, 5.41) is 1.11. The third kappa shape index (κ3) is 2.71. The van der Waals surface area contributed by atoms with E-state index in [1.54, 1.807) is 0 Å². The predicted octanol–water partition coefficient (Wildman–Crippen LogP) is 1.30. The monoisotopic (exact) mass is 239 g/mol. The van der Waals surface area contributed by atoms with E-state index >= 15 is 0 Å². The van der Waals surface area contributed by atoms with Crippen molar-refractivity contribution in [1.82, 2.24) is 0 Å². The van der Waals surface area contributed by atoms with Crippen LogP contribution in [0.25, 0.3) is 0 Å². The highest BCUT2D eigenvalue weighted by molar-refractivity contribution is 6.82. The summed E-state index contributed by atoms with van der Waals surface area (Å²) in [6.45, 7) is 7.17. The van der Waals surface area contributed by atoms with Crippen molar-refractivity contribution in [3.8, 4) is 0 Å². The first-order valence-corrected chi connectivity index (χ1v) is 7.65. The van der Waals surface area contributed by atoms with Gasteiger partial charge < -0.3 is 14.6 Å². The van der Waals surface area contributed by atoms with E-state index in [1.807, 2.05) is 51.1 Å². The molecule has 0 saturated carbocycles. The van der Waals surface area contributed by atoms with Crippen molar-refractivity contribution in [2.45, 2.75) is 26.4 Å². The molecule has 0 amide bonds. The second-order valence-corrected chi connectivity index (χ2v) is 7.09. The maximum Gasteiger partial charge on any atom is 0.389 e. The first kappa shape index (κ1) is 13.4. The van der Waals surface area contributed by atoms with Crippen molar-refractivity contribution in [1.29, 1.82) is 0 Å². The summed E-state index contributed by atoms with van der Waals surface area (Å²) in [5.41, 5.74) is 6.00. The highest BCUT2D eigenvalue weighted by atomic mass is 28.4. The average Bonchev–Trinajstić information content (AvgIpc) is 2.29. The lowest BCUT2D eigenvalue weighted by atomic mass is 10.4. The van der Waals surface area contributed by atoms with E-state index in [2.05, 4.69) is 0 Å². The van der Waals surface area contributed by atoms with Crippen LogP contribution in [-0.2, 0) is 8.85 Å². The summed E-state index contributed by atoms with van der Waals surface area (Å²) in [6.07, 6.45) is 0. The van der Waals surface area contributed by atoms with Crippen molar-refractivity contribution in [2.24, 2.45) is 5.73 Å². The van der Waals surface area contributed by atoms with Gasteiger partial charge in [0, 0.05) is 18.9 Å². The third-order valence-corrected chi connectivity index (χ3v) is 6.27. The van der Waals surface area contributed by atoms with E-state index in [0.29, 0.717) is 13.2 Å². The molecule has 0 heterocycles. The summed E-state index contributed by atoms with van der Waals surface area (Å²) in [4.78, 5) is 0. The van der Waals surface area contributed by atoms with Gasteiger partial charge in [0.05, 0.1) is 0 Å². The molecule has 0 aliphatic rings.